The zero-order valence-electron chi connectivity index (χ0n) is 10.6. The average Bonchev–Trinajstić information content (AvgIpc) is 3.06. The highest BCUT2D eigenvalue weighted by molar-refractivity contribution is 7.18. The zero-order valence-corrected chi connectivity index (χ0v) is 11.4. The van der Waals surface area contributed by atoms with Crippen molar-refractivity contribution in [3.63, 3.8) is 0 Å². The van der Waals surface area contributed by atoms with Crippen LogP contribution in [0.5, 0.6) is 0 Å². The number of nitrogens with one attached hydrogen (secondary N) is 1. The van der Waals surface area contributed by atoms with Crippen LogP contribution in [0.25, 0.3) is 0 Å². The first-order valence-corrected chi connectivity index (χ1v) is 6.93. The predicted octanol–water partition coefficient (Wildman–Crippen LogP) is 2.09. The van der Waals surface area contributed by atoms with Gasteiger partial charge in [0, 0.05) is 20.1 Å². The summed E-state index contributed by atoms with van der Waals surface area (Å²) in [5.41, 5.74) is 6.45. The Labute approximate surface area is 111 Å². The van der Waals surface area contributed by atoms with Gasteiger partial charge in [-0.2, -0.15) is 0 Å². The lowest BCUT2D eigenvalue weighted by Crippen LogP contribution is -2.23. The van der Waals surface area contributed by atoms with Gasteiger partial charge in [-0.3, -0.25) is 4.79 Å². The van der Waals surface area contributed by atoms with Gasteiger partial charge in [0.2, 0.25) is 0 Å². The fourth-order valence-electron chi connectivity index (χ4n) is 1.78. The lowest BCUT2D eigenvalue weighted by atomic mass is 10.3. The van der Waals surface area contributed by atoms with Crippen molar-refractivity contribution in [1.82, 2.24) is 5.32 Å². The maximum atomic E-state index is 11.8. The minimum Gasteiger partial charge on any atom is -0.397 e. The van der Waals surface area contributed by atoms with Gasteiger partial charge in [0.1, 0.15) is 4.88 Å². The Morgan fingerprint density at radius 1 is 1.72 bits per heavy atom. The van der Waals surface area contributed by atoms with Gasteiger partial charge in [0.25, 0.3) is 5.91 Å². The second-order valence-corrected chi connectivity index (χ2v) is 5.72. The van der Waals surface area contributed by atoms with E-state index >= 15 is 0 Å². The van der Waals surface area contributed by atoms with E-state index in [1.807, 2.05) is 6.07 Å². The van der Waals surface area contributed by atoms with Crippen LogP contribution in [0, 0.1) is 5.92 Å². The molecule has 0 bridgehead atoms. The second kappa shape index (κ2) is 5.44. The third-order valence-corrected chi connectivity index (χ3v) is 4.23. The van der Waals surface area contributed by atoms with Gasteiger partial charge in [-0.1, -0.05) is 6.08 Å². The lowest BCUT2D eigenvalue weighted by Gasteiger charge is -2.15. The standard InChI is InChI=1S/C13H19N3OS/c1-3-6-15-13(17)12-10(14)7-11(18-12)16(2)8-9-4-5-9/h3,7,9H,1,4-6,8,14H2,2H3,(H,15,17). The molecule has 1 heterocycles. The highest BCUT2D eigenvalue weighted by Crippen LogP contribution is 2.35. The largest absolute Gasteiger partial charge is 0.397 e. The maximum absolute atomic E-state index is 11.8. The highest BCUT2D eigenvalue weighted by Gasteiger charge is 2.24. The van der Waals surface area contributed by atoms with Crippen LogP contribution in [0.3, 0.4) is 0 Å². The summed E-state index contributed by atoms with van der Waals surface area (Å²) < 4.78 is 0. The summed E-state index contributed by atoms with van der Waals surface area (Å²) in [6, 6.07) is 1.88. The van der Waals surface area contributed by atoms with E-state index in [1.54, 1.807) is 6.08 Å². The lowest BCUT2D eigenvalue weighted by molar-refractivity contribution is 0.0963. The Hall–Kier alpha value is -1.49. The fraction of sp³-hybridized carbons (Fsp3) is 0.462. The number of hydrogen-bond donors (Lipinski definition) is 2. The summed E-state index contributed by atoms with van der Waals surface area (Å²) in [4.78, 5) is 14.6. The zero-order chi connectivity index (χ0) is 13.1. The van der Waals surface area contributed by atoms with Gasteiger partial charge in [-0.15, -0.1) is 17.9 Å². The van der Waals surface area contributed by atoms with E-state index in [0.29, 0.717) is 17.1 Å². The van der Waals surface area contributed by atoms with Gasteiger partial charge >= 0.3 is 0 Å². The molecule has 2 rings (SSSR count). The molecule has 0 radical (unpaired) electrons. The number of thiophene rings is 1. The number of rotatable bonds is 6. The molecule has 5 heteroatoms. The molecule has 1 aromatic rings. The van der Waals surface area contributed by atoms with Crippen LogP contribution in [0.15, 0.2) is 18.7 Å². The summed E-state index contributed by atoms with van der Waals surface area (Å²) in [6.45, 7) is 5.08. The molecule has 1 aromatic heterocycles. The number of hydrogen-bond acceptors (Lipinski definition) is 4. The third kappa shape index (κ3) is 3.04. The monoisotopic (exact) mass is 265 g/mol. The molecule has 98 valence electrons. The van der Waals surface area contributed by atoms with E-state index in [0.717, 1.165) is 17.5 Å². The van der Waals surface area contributed by atoms with Crippen molar-refractivity contribution in [2.45, 2.75) is 12.8 Å². The van der Waals surface area contributed by atoms with E-state index in [2.05, 4.69) is 23.8 Å². The summed E-state index contributed by atoms with van der Waals surface area (Å²) in [7, 11) is 2.05. The van der Waals surface area contributed by atoms with Crippen LogP contribution < -0.4 is 16.0 Å². The summed E-state index contributed by atoms with van der Waals surface area (Å²) in [5.74, 6) is 0.694. The Morgan fingerprint density at radius 2 is 2.44 bits per heavy atom. The van der Waals surface area contributed by atoms with Gasteiger partial charge in [-0.05, 0) is 24.8 Å². The van der Waals surface area contributed by atoms with Crippen LogP contribution in [0.2, 0.25) is 0 Å². The topological polar surface area (TPSA) is 58.4 Å². The molecule has 0 aromatic carbocycles. The Balaban J connectivity index is 2.04. The summed E-state index contributed by atoms with van der Waals surface area (Å²) in [6.07, 6.45) is 4.29. The van der Waals surface area contributed by atoms with Crippen LogP contribution in [0.1, 0.15) is 22.5 Å². The normalized spacial score (nSPS) is 14.3. The van der Waals surface area contributed by atoms with Gasteiger partial charge < -0.3 is 16.0 Å². The number of nitrogens with two attached hydrogens (primary N) is 1. The number of amides is 1. The van der Waals surface area contributed by atoms with Crippen LogP contribution in [0.4, 0.5) is 10.7 Å². The third-order valence-electron chi connectivity index (χ3n) is 2.97. The molecule has 0 spiro atoms. The van der Waals surface area contributed by atoms with Crippen molar-refractivity contribution in [2.75, 3.05) is 30.8 Å². The second-order valence-electron chi connectivity index (χ2n) is 4.69. The average molecular weight is 265 g/mol. The SMILES string of the molecule is C=CCNC(=O)c1sc(N(C)CC2CC2)cc1N. The quantitative estimate of drug-likeness (QED) is 0.774. The van der Waals surface area contributed by atoms with Crippen molar-refractivity contribution in [2.24, 2.45) is 5.92 Å². The first-order chi connectivity index (χ1) is 8.61. The van der Waals surface area contributed by atoms with Crippen LogP contribution in [-0.2, 0) is 0 Å². The molecule has 1 saturated carbocycles. The Morgan fingerprint density at radius 3 is 3.06 bits per heavy atom. The van der Waals surface area contributed by atoms with Crippen molar-refractivity contribution >= 4 is 27.9 Å². The van der Waals surface area contributed by atoms with E-state index in [-0.39, 0.29) is 5.91 Å². The molecular formula is C13H19N3OS. The van der Waals surface area contributed by atoms with Crippen molar-refractivity contribution in [1.29, 1.82) is 0 Å². The molecule has 1 amide bonds. The molecule has 0 aliphatic heterocycles. The molecule has 0 atom stereocenters. The molecule has 18 heavy (non-hydrogen) atoms. The van der Waals surface area contributed by atoms with Crippen LogP contribution >= 0.6 is 11.3 Å². The highest BCUT2D eigenvalue weighted by atomic mass is 32.1. The van der Waals surface area contributed by atoms with Crippen LogP contribution in [-0.4, -0.2) is 26.0 Å². The van der Waals surface area contributed by atoms with E-state index in [4.69, 9.17) is 5.73 Å². The number of nitrogen functional groups attached to an aromatic ring is 1. The molecule has 1 fully saturated rings. The number of carbonyl (C=O) groups excluding carboxylic acids is 1. The van der Waals surface area contributed by atoms with Crippen molar-refractivity contribution in [3.8, 4) is 0 Å². The first kappa shape index (κ1) is 13.0. The number of carbonyl (C=O) groups is 1. The molecule has 1 aliphatic rings. The smallest absolute Gasteiger partial charge is 0.263 e. The molecule has 3 N–H and O–H groups in total. The minimum absolute atomic E-state index is 0.122. The van der Waals surface area contributed by atoms with E-state index < -0.39 is 0 Å². The number of nitrogens with zero attached hydrogens (tertiary/aromatic N) is 1. The molecular weight excluding hydrogens is 246 g/mol. The van der Waals surface area contributed by atoms with E-state index in [1.165, 1.54) is 24.2 Å². The van der Waals surface area contributed by atoms with Crippen molar-refractivity contribution < 1.29 is 4.79 Å². The van der Waals surface area contributed by atoms with Crippen molar-refractivity contribution in [3.05, 3.63) is 23.6 Å². The minimum atomic E-state index is -0.122. The summed E-state index contributed by atoms with van der Waals surface area (Å²) in [5, 5.41) is 3.81. The molecule has 0 saturated heterocycles. The first-order valence-electron chi connectivity index (χ1n) is 6.11. The molecule has 1 aliphatic carbocycles. The predicted molar refractivity (Wildman–Crippen MR) is 77.3 cm³/mol. The maximum Gasteiger partial charge on any atom is 0.263 e. The van der Waals surface area contributed by atoms with Gasteiger partial charge in [-0.25, -0.2) is 0 Å². The Kier molecular flexibility index (Phi) is 3.91. The number of anilines is 2. The fourth-order valence-corrected chi connectivity index (χ4v) is 2.75. The molecule has 4 nitrogen and oxygen atoms in total. The Bertz CT molecular complexity index is 451. The van der Waals surface area contributed by atoms with Gasteiger partial charge in [0.05, 0.1) is 10.7 Å². The van der Waals surface area contributed by atoms with Gasteiger partial charge in [0.15, 0.2) is 0 Å². The molecule has 0 unspecified atom stereocenters. The summed E-state index contributed by atoms with van der Waals surface area (Å²) >= 11 is 1.45. The van der Waals surface area contributed by atoms with E-state index in [9.17, 15) is 4.79 Å².